The predicted molar refractivity (Wildman–Crippen MR) is 63.1 cm³/mol. The van der Waals surface area contributed by atoms with Crippen LogP contribution in [0.1, 0.15) is 0 Å². The molecule has 0 saturated heterocycles. The van der Waals surface area contributed by atoms with Crippen LogP contribution in [-0.4, -0.2) is 15.1 Å². The van der Waals surface area contributed by atoms with E-state index in [9.17, 15) is 18.3 Å². The van der Waals surface area contributed by atoms with Crippen molar-refractivity contribution in [1.29, 1.82) is 0 Å². The highest BCUT2D eigenvalue weighted by molar-refractivity contribution is 5.81. The Bertz CT molecular complexity index is 783. The van der Waals surface area contributed by atoms with E-state index in [-0.39, 0.29) is 28.2 Å². The molecule has 0 unspecified atom stereocenters. The van der Waals surface area contributed by atoms with Crippen molar-refractivity contribution in [2.45, 2.75) is 0 Å². The molecular weight excluding hydrogens is 257 g/mol. The first-order chi connectivity index (χ1) is 9.04. The predicted octanol–water partition coefficient (Wildman–Crippen LogP) is 3.35. The molecule has 0 radical (unpaired) electrons. The van der Waals surface area contributed by atoms with Crippen molar-refractivity contribution in [2.75, 3.05) is 0 Å². The molecule has 0 aliphatic rings. The minimum absolute atomic E-state index is 0.0416. The number of imidazole rings is 1. The molecule has 0 amide bonds. The van der Waals surface area contributed by atoms with E-state index >= 15 is 0 Å². The fourth-order valence-electron chi connectivity index (χ4n) is 1.87. The van der Waals surface area contributed by atoms with Gasteiger partial charge in [0.15, 0.2) is 5.82 Å². The molecule has 3 aromatic rings. The topological polar surface area (TPSA) is 48.9 Å². The van der Waals surface area contributed by atoms with E-state index in [2.05, 4.69) is 9.97 Å². The summed E-state index contributed by atoms with van der Waals surface area (Å²) < 4.78 is 39.4. The van der Waals surface area contributed by atoms with Crippen molar-refractivity contribution in [1.82, 2.24) is 9.97 Å². The van der Waals surface area contributed by atoms with Crippen LogP contribution >= 0.6 is 0 Å². The molecule has 1 heterocycles. The monoisotopic (exact) mass is 264 g/mol. The van der Waals surface area contributed by atoms with Crippen molar-refractivity contribution in [3.8, 4) is 17.1 Å². The summed E-state index contributed by atoms with van der Waals surface area (Å²) in [5.74, 6) is -2.34. The van der Waals surface area contributed by atoms with Crippen LogP contribution in [0.15, 0.2) is 30.3 Å². The van der Waals surface area contributed by atoms with Crippen LogP contribution in [0.4, 0.5) is 13.2 Å². The Hall–Kier alpha value is -2.50. The van der Waals surface area contributed by atoms with Gasteiger partial charge in [0.05, 0.1) is 11.1 Å². The Morgan fingerprint density at radius 3 is 2.53 bits per heavy atom. The summed E-state index contributed by atoms with van der Waals surface area (Å²) in [5.41, 5.74) is 0.328. The Morgan fingerprint density at radius 2 is 1.79 bits per heavy atom. The Balaban J connectivity index is 2.23. The molecule has 0 fully saturated rings. The van der Waals surface area contributed by atoms with Crippen molar-refractivity contribution in [3.63, 3.8) is 0 Å². The lowest BCUT2D eigenvalue weighted by Gasteiger charge is -2.00. The minimum atomic E-state index is -0.806. The van der Waals surface area contributed by atoms with E-state index < -0.39 is 17.5 Å². The second kappa shape index (κ2) is 4.01. The molecule has 2 N–H and O–H groups in total. The standard InChI is InChI=1S/C13H7F3N2O/c14-6-1-2-8(11(19)5-6)13-17-10-4-7(15)3-9(16)12(10)18-13/h1-5,19H,(H,17,18). The number of H-pyrrole nitrogens is 1. The molecule has 0 saturated carbocycles. The highest BCUT2D eigenvalue weighted by Crippen LogP contribution is 2.30. The number of aromatic hydroxyl groups is 1. The van der Waals surface area contributed by atoms with Gasteiger partial charge < -0.3 is 10.1 Å². The number of aromatic amines is 1. The van der Waals surface area contributed by atoms with Gasteiger partial charge in [0.25, 0.3) is 0 Å². The molecule has 1 aromatic heterocycles. The third-order valence-electron chi connectivity index (χ3n) is 2.72. The number of phenolic OH excluding ortho intramolecular Hbond substituents is 1. The van der Waals surface area contributed by atoms with Crippen molar-refractivity contribution < 1.29 is 18.3 Å². The molecule has 0 atom stereocenters. The second-order valence-corrected chi connectivity index (χ2v) is 4.03. The number of hydrogen-bond acceptors (Lipinski definition) is 2. The van der Waals surface area contributed by atoms with Crippen molar-refractivity contribution in [3.05, 3.63) is 47.8 Å². The average molecular weight is 264 g/mol. The molecule has 3 nitrogen and oxygen atoms in total. The Morgan fingerprint density at radius 1 is 1.00 bits per heavy atom. The van der Waals surface area contributed by atoms with Crippen LogP contribution in [-0.2, 0) is 0 Å². The zero-order valence-electron chi connectivity index (χ0n) is 9.42. The second-order valence-electron chi connectivity index (χ2n) is 4.03. The van der Waals surface area contributed by atoms with Gasteiger partial charge in [-0.3, -0.25) is 0 Å². The van der Waals surface area contributed by atoms with Gasteiger partial charge in [-0.05, 0) is 18.2 Å². The number of nitrogens with one attached hydrogen (secondary N) is 1. The number of aromatic nitrogens is 2. The first-order valence-corrected chi connectivity index (χ1v) is 5.38. The van der Waals surface area contributed by atoms with Crippen LogP contribution in [0.3, 0.4) is 0 Å². The molecule has 3 rings (SSSR count). The average Bonchev–Trinajstić information content (AvgIpc) is 2.72. The largest absolute Gasteiger partial charge is 0.507 e. The number of nitrogens with zero attached hydrogens (tertiary/aromatic N) is 1. The van der Waals surface area contributed by atoms with Crippen LogP contribution in [0.25, 0.3) is 22.4 Å². The summed E-state index contributed by atoms with van der Waals surface area (Å²) in [6, 6.07) is 5.17. The Labute approximate surface area is 105 Å². The van der Waals surface area contributed by atoms with E-state index in [4.69, 9.17) is 0 Å². The van der Waals surface area contributed by atoms with Crippen molar-refractivity contribution >= 4 is 11.0 Å². The number of fused-ring (bicyclic) bond motifs is 1. The molecule has 0 spiro atoms. The first kappa shape index (κ1) is 11.6. The summed E-state index contributed by atoms with van der Waals surface area (Å²) in [4.78, 5) is 6.61. The van der Waals surface area contributed by atoms with Gasteiger partial charge in [-0.1, -0.05) is 0 Å². The summed E-state index contributed by atoms with van der Waals surface area (Å²) >= 11 is 0. The summed E-state index contributed by atoms with van der Waals surface area (Å²) in [6.07, 6.45) is 0. The lowest BCUT2D eigenvalue weighted by molar-refractivity contribution is 0.471. The number of halogens is 3. The molecule has 2 aromatic carbocycles. The third kappa shape index (κ3) is 1.91. The van der Waals surface area contributed by atoms with Gasteiger partial charge in [0.2, 0.25) is 0 Å². The minimum Gasteiger partial charge on any atom is -0.507 e. The third-order valence-corrected chi connectivity index (χ3v) is 2.72. The van der Waals surface area contributed by atoms with Crippen LogP contribution in [0.2, 0.25) is 0 Å². The molecule has 19 heavy (non-hydrogen) atoms. The number of phenols is 1. The zero-order chi connectivity index (χ0) is 13.6. The SMILES string of the molecule is Oc1cc(F)ccc1-c1nc2c(F)cc(F)cc2[nH]1. The van der Waals surface area contributed by atoms with Gasteiger partial charge in [0, 0.05) is 12.1 Å². The van der Waals surface area contributed by atoms with E-state index in [1.165, 1.54) is 6.07 Å². The summed E-state index contributed by atoms with van der Waals surface area (Å²) in [5, 5.41) is 9.63. The lowest BCUT2D eigenvalue weighted by Crippen LogP contribution is -1.83. The first-order valence-electron chi connectivity index (χ1n) is 5.38. The highest BCUT2D eigenvalue weighted by Gasteiger charge is 2.13. The van der Waals surface area contributed by atoms with Gasteiger partial charge in [0.1, 0.15) is 28.7 Å². The number of benzene rings is 2. The number of hydrogen-bond donors (Lipinski definition) is 2. The Kier molecular flexibility index (Phi) is 2.45. The molecule has 6 heteroatoms. The van der Waals surface area contributed by atoms with E-state index in [1.807, 2.05) is 0 Å². The zero-order valence-corrected chi connectivity index (χ0v) is 9.42. The van der Waals surface area contributed by atoms with E-state index in [0.29, 0.717) is 0 Å². The molecule has 96 valence electrons. The van der Waals surface area contributed by atoms with Crippen LogP contribution in [0, 0.1) is 17.5 Å². The van der Waals surface area contributed by atoms with E-state index in [0.717, 1.165) is 24.3 Å². The van der Waals surface area contributed by atoms with Gasteiger partial charge in [-0.2, -0.15) is 0 Å². The fourth-order valence-corrected chi connectivity index (χ4v) is 1.87. The summed E-state index contributed by atoms with van der Waals surface area (Å²) in [7, 11) is 0. The smallest absolute Gasteiger partial charge is 0.153 e. The van der Waals surface area contributed by atoms with Crippen molar-refractivity contribution in [2.24, 2.45) is 0 Å². The van der Waals surface area contributed by atoms with Gasteiger partial charge in [-0.25, -0.2) is 18.2 Å². The quantitative estimate of drug-likeness (QED) is 0.708. The highest BCUT2D eigenvalue weighted by atomic mass is 19.1. The maximum Gasteiger partial charge on any atom is 0.153 e. The molecule has 0 aliphatic carbocycles. The molecule has 0 bridgehead atoms. The fraction of sp³-hybridized carbons (Fsp3) is 0. The maximum atomic E-state index is 13.5. The molecule has 0 aliphatic heterocycles. The molecular formula is C13H7F3N2O. The lowest BCUT2D eigenvalue weighted by atomic mass is 10.2. The van der Waals surface area contributed by atoms with Gasteiger partial charge >= 0.3 is 0 Å². The number of rotatable bonds is 1. The normalized spacial score (nSPS) is 11.1. The van der Waals surface area contributed by atoms with Gasteiger partial charge in [-0.15, -0.1) is 0 Å². The van der Waals surface area contributed by atoms with E-state index in [1.54, 1.807) is 0 Å². The van der Waals surface area contributed by atoms with Crippen LogP contribution < -0.4 is 0 Å². The maximum absolute atomic E-state index is 13.5. The summed E-state index contributed by atoms with van der Waals surface area (Å²) in [6.45, 7) is 0. The van der Waals surface area contributed by atoms with Crippen LogP contribution in [0.5, 0.6) is 5.75 Å².